The van der Waals surface area contributed by atoms with Gasteiger partial charge in [-0.3, -0.25) is 9.35 Å². The molecule has 5 aromatic rings. The quantitative estimate of drug-likeness (QED) is 0.0655. The van der Waals surface area contributed by atoms with Crippen molar-refractivity contribution in [2.24, 2.45) is 20.5 Å². The Morgan fingerprint density at radius 3 is 1.83 bits per heavy atom. The highest BCUT2D eigenvalue weighted by molar-refractivity contribution is 7.86. The van der Waals surface area contributed by atoms with Gasteiger partial charge in [0.1, 0.15) is 16.6 Å². The number of phenolic OH excluding ortho intramolecular Hbond substituents is 1. The van der Waals surface area contributed by atoms with E-state index < -0.39 is 50.4 Å². The summed E-state index contributed by atoms with van der Waals surface area (Å²) in [5, 5.41) is 59.3. The molecule has 15 nitrogen and oxygen atoms in total. The van der Waals surface area contributed by atoms with Crippen LogP contribution in [0.3, 0.4) is 0 Å². The number of anilines is 1. The Balaban J connectivity index is 1.58. The van der Waals surface area contributed by atoms with E-state index in [0.29, 0.717) is 22.1 Å². The van der Waals surface area contributed by atoms with E-state index in [9.17, 15) is 47.8 Å². The van der Waals surface area contributed by atoms with Crippen LogP contribution in [-0.2, 0) is 14.9 Å². The molecule has 0 saturated carbocycles. The summed E-state index contributed by atoms with van der Waals surface area (Å²) < 4.78 is 34.5. The van der Waals surface area contributed by atoms with Crippen molar-refractivity contribution in [1.82, 2.24) is 0 Å². The smallest absolute Gasteiger partial charge is 0.335 e. The Labute approximate surface area is 264 Å². The number of fused-ring (bicyclic) bond motifs is 2. The molecule has 0 heterocycles. The molecule has 0 spiro atoms. The predicted octanol–water partition coefficient (Wildman–Crippen LogP) is 7.06. The van der Waals surface area contributed by atoms with Gasteiger partial charge in [-0.05, 0) is 60.8 Å². The van der Waals surface area contributed by atoms with Crippen molar-refractivity contribution in [3.63, 3.8) is 0 Å². The number of carbonyl (C=O) groups is 3. The van der Waals surface area contributed by atoms with Crippen LogP contribution in [0.15, 0.2) is 104 Å². The molecular formula is C31H23N5O10S. The Morgan fingerprint density at radius 1 is 0.723 bits per heavy atom. The summed E-state index contributed by atoms with van der Waals surface area (Å²) in [4.78, 5) is 33.4. The number of phenols is 1. The van der Waals surface area contributed by atoms with Gasteiger partial charge in [0.15, 0.2) is 5.75 Å². The van der Waals surface area contributed by atoms with Gasteiger partial charge in [-0.2, -0.15) is 13.5 Å². The van der Waals surface area contributed by atoms with Crippen LogP contribution in [0.5, 0.6) is 5.75 Å². The van der Waals surface area contributed by atoms with Crippen LogP contribution < -0.4 is 5.32 Å². The third kappa shape index (κ3) is 6.87. The highest BCUT2D eigenvalue weighted by atomic mass is 32.2. The Bertz CT molecular complexity index is 2250. The summed E-state index contributed by atoms with van der Waals surface area (Å²) in [5.74, 6) is -4.44. The maximum absolute atomic E-state index is 12.3. The van der Waals surface area contributed by atoms with Crippen molar-refractivity contribution < 1.29 is 47.8 Å². The number of nitrogens with zero attached hydrogens (tertiary/aromatic N) is 4. The van der Waals surface area contributed by atoms with Crippen molar-refractivity contribution in [3.05, 3.63) is 90.0 Å². The van der Waals surface area contributed by atoms with Crippen LogP contribution in [0.25, 0.3) is 21.5 Å². The molecule has 0 radical (unpaired) electrons. The fourth-order valence-corrected chi connectivity index (χ4v) is 5.27. The molecule has 1 atom stereocenters. The number of azo groups is 2. The van der Waals surface area contributed by atoms with Crippen molar-refractivity contribution in [2.45, 2.75) is 17.9 Å². The highest BCUT2D eigenvalue weighted by Gasteiger charge is 2.23. The van der Waals surface area contributed by atoms with Gasteiger partial charge in [-0.1, -0.05) is 30.3 Å². The minimum atomic E-state index is -4.90. The lowest BCUT2D eigenvalue weighted by atomic mass is 10.1. The fourth-order valence-electron chi connectivity index (χ4n) is 4.61. The first-order valence-electron chi connectivity index (χ1n) is 13.5. The number of aliphatic carboxylic acids is 1. The number of benzene rings is 5. The number of nitrogens with one attached hydrogen (secondary N) is 1. The third-order valence-corrected chi connectivity index (χ3v) is 7.77. The summed E-state index contributed by atoms with van der Waals surface area (Å²) in [5.41, 5.74) is -0.355. The van der Waals surface area contributed by atoms with Gasteiger partial charge < -0.3 is 25.7 Å². The number of carboxylic acid groups (broad SMARTS) is 3. The van der Waals surface area contributed by atoms with Gasteiger partial charge >= 0.3 is 17.9 Å². The summed E-state index contributed by atoms with van der Waals surface area (Å²) in [6.45, 7) is 1.41. The zero-order valence-corrected chi connectivity index (χ0v) is 24.9. The van der Waals surface area contributed by atoms with Crippen LogP contribution in [0.2, 0.25) is 0 Å². The molecule has 0 aliphatic carbocycles. The average Bonchev–Trinajstić information content (AvgIpc) is 3.03. The van der Waals surface area contributed by atoms with Crippen LogP contribution in [0.1, 0.15) is 27.6 Å². The number of aromatic hydroxyl groups is 1. The second kappa shape index (κ2) is 12.6. The standard InChI is InChI=1S/C31H23N5O10S/c1-15(29(38)39)32-19-7-6-16-13-26(47(44,45)46)27(28(37)23(16)14-19)36-35-25-9-8-24(21-4-2-3-5-22(21)25)34-33-20-11-17(30(40)41)10-18(12-20)31(42)43/h2-15,32,37H,1H3,(H,38,39)(H,40,41)(H,42,43)(H,44,45,46)/b34-33+,36-35+. The molecule has 1 unspecified atom stereocenters. The van der Waals surface area contributed by atoms with Gasteiger partial charge in [0.05, 0.1) is 28.2 Å². The molecule has 16 heteroatoms. The molecule has 47 heavy (non-hydrogen) atoms. The van der Waals surface area contributed by atoms with Gasteiger partial charge in [-0.15, -0.1) is 15.3 Å². The highest BCUT2D eigenvalue weighted by Crippen LogP contribution is 2.43. The lowest BCUT2D eigenvalue weighted by molar-refractivity contribution is -0.137. The maximum Gasteiger partial charge on any atom is 0.335 e. The largest absolute Gasteiger partial charge is 0.505 e. The second-order valence-electron chi connectivity index (χ2n) is 10.1. The molecule has 0 bridgehead atoms. The molecule has 6 N–H and O–H groups in total. The van der Waals surface area contributed by atoms with E-state index >= 15 is 0 Å². The van der Waals surface area contributed by atoms with Crippen molar-refractivity contribution in [2.75, 3.05) is 5.32 Å². The number of aromatic carboxylic acids is 2. The van der Waals surface area contributed by atoms with Gasteiger partial charge in [0, 0.05) is 21.8 Å². The van der Waals surface area contributed by atoms with Gasteiger partial charge in [-0.25, -0.2) is 9.59 Å². The Hall–Kier alpha value is -6.26. The van der Waals surface area contributed by atoms with E-state index in [1.54, 1.807) is 24.3 Å². The van der Waals surface area contributed by atoms with Crippen LogP contribution in [0, 0.1) is 0 Å². The molecule has 5 rings (SSSR count). The molecule has 0 fully saturated rings. The van der Waals surface area contributed by atoms with Crippen molar-refractivity contribution in [1.29, 1.82) is 0 Å². The lowest BCUT2D eigenvalue weighted by Crippen LogP contribution is -2.25. The van der Waals surface area contributed by atoms with E-state index in [1.807, 2.05) is 0 Å². The van der Waals surface area contributed by atoms with Crippen LogP contribution in [-0.4, -0.2) is 57.3 Å². The topological polar surface area (TPSA) is 248 Å². The molecule has 5 aromatic carbocycles. The summed E-state index contributed by atoms with van der Waals surface area (Å²) in [6, 6.07) is 17.4. The summed E-state index contributed by atoms with van der Waals surface area (Å²) >= 11 is 0. The second-order valence-corrected chi connectivity index (χ2v) is 11.5. The SMILES string of the molecule is CC(Nc1ccc2cc(S(=O)(=O)O)c(/N=N/c3ccc(/N=N/c4cc(C(=O)O)cc(C(=O)O)c4)c4ccccc34)c(O)c2c1)C(=O)O. The van der Waals surface area contributed by atoms with Gasteiger partial charge in [0.2, 0.25) is 0 Å². The molecule has 0 aliphatic heterocycles. The fraction of sp³-hybridized carbons (Fsp3) is 0.0645. The van der Waals surface area contributed by atoms with E-state index in [2.05, 4.69) is 25.8 Å². The first kappa shape index (κ1) is 32.1. The maximum atomic E-state index is 12.3. The predicted molar refractivity (Wildman–Crippen MR) is 169 cm³/mol. The summed E-state index contributed by atoms with van der Waals surface area (Å²) in [7, 11) is -4.90. The van der Waals surface area contributed by atoms with Crippen molar-refractivity contribution in [3.8, 4) is 5.75 Å². The molecule has 0 amide bonds. The monoisotopic (exact) mass is 657 g/mol. The van der Waals surface area contributed by atoms with E-state index in [4.69, 9.17) is 0 Å². The molecule has 0 aromatic heterocycles. The lowest BCUT2D eigenvalue weighted by Gasteiger charge is -2.13. The first-order valence-corrected chi connectivity index (χ1v) is 14.9. The van der Waals surface area contributed by atoms with Crippen molar-refractivity contribution >= 4 is 78.0 Å². The van der Waals surface area contributed by atoms with E-state index in [0.717, 1.165) is 24.3 Å². The normalized spacial score (nSPS) is 12.6. The minimum Gasteiger partial charge on any atom is -0.505 e. The Morgan fingerprint density at radius 2 is 1.30 bits per heavy atom. The number of hydrogen-bond donors (Lipinski definition) is 6. The summed E-state index contributed by atoms with van der Waals surface area (Å²) in [6.07, 6.45) is 0. The third-order valence-electron chi connectivity index (χ3n) is 6.90. The van der Waals surface area contributed by atoms with E-state index in [1.165, 1.54) is 37.3 Å². The zero-order valence-electron chi connectivity index (χ0n) is 24.1. The average molecular weight is 658 g/mol. The number of rotatable bonds is 10. The number of carboxylic acids is 3. The van der Waals surface area contributed by atoms with E-state index in [-0.39, 0.29) is 33.3 Å². The molecular weight excluding hydrogens is 634 g/mol. The molecule has 0 aliphatic rings. The zero-order chi connectivity index (χ0) is 34.0. The first-order chi connectivity index (χ1) is 22.2. The molecule has 238 valence electrons. The van der Waals surface area contributed by atoms with Gasteiger partial charge in [0.25, 0.3) is 10.1 Å². The Kier molecular flexibility index (Phi) is 8.63. The van der Waals surface area contributed by atoms with Crippen LogP contribution >= 0.6 is 0 Å². The molecule has 0 saturated heterocycles. The minimum absolute atomic E-state index is 0.0181. The number of hydrogen-bond acceptors (Lipinski definition) is 11. The van der Waals surface area contributed by atoms with Crippen LogP contribution in [0.4, 0.5) is 28.4 Å².